The number of aliphatic hydroxyl groups is 1. The van der Waals surface area contributed by atoms with Crippen LogP contribution < -0.4 is 0 Å². The fourth-order valence-electron chi connectivity index (χ4n) is 3.93. The third-order valence-electron chi connectivity index (χ3n) is 6.06. The number of methoxy groups -OCH3 is 1. The molecule has 1 unspecified atom stereocenters. The molecule has 0 amide bonds. The third kappa shape index (κ3) is 7.91. The molecule has 0 heterocycles. The lowest BCUT2D eigenvalue weighted by Crippen LogP contribution is -2.05. The average molecular weight is 547 g/mol. The monoisotopic (exact) mass is 546 g/mol. The van der Waals surface area contributed by atoms with E-state index in [0.717, 1.165) is 17.7 Å². The highest BCUT2D eigenvalue weighted by molar-refractivity contribution is 6.06. The zero-order valence-electron chi connectivity index (χ0n) is 21.7. The van der Waals surface area contributed by atoms with Crippen molar-refractivity contribution in [3.8, 4) is 28.7 Å². The highest BCUT2D eigenvalue weighted by Gasteiger charge is 2.18. The summed E-state index contributed by atoms with van der Waals surface area (Å²) < 4.78 is 5.06. The van der Waals surface area contributed by atoms with E-state index in [2.05, 4.69) is 0 Å². The number of phenolic OH excluding ortho intramolecular Hbond substituents is 5. The van der Waals surface area contributed by atoms with E-state index in [-0.39, 0.29) is 52.3 Å². The fraction of sp³-hybridized carbons (Fsp3) is 0.161. The van der Waals surface area contributed by atoms with E-state index >= 15 is 0 Å². The predicted molar refractivity (Wildman–Crippen MR) is 148 cm³/mol. The number of ketones is 2. The van der Waals surface area contributed by atoms with E-state index in [1.807, 2.05) is 0 Å². The molecule has 0 saturated heterocycles. The maximum atomic E-state index is 12.0. The van der Waals surface area contributed by atoms with Crippen LogP contribution >= 0.6 is 0 Å². The lowest BCUT2D eigenvalue weighted by Gasteiger charge is -2.16. The Morgan fingerprint density at radius 1 is 0.875 bits per heavy atom. The molecule has 0 bridgehead atoms. The summed E-state index contributed by atoms with van der Waals surface area (Å²) in [7, 11) is 1.50. The van der Waals surface area contributed by atoms with Crippen molar-refractivity contribution in [2.45, 2.75) is 19.3 Å². The van der Waals surface area contributed by atoms with Gasteiger partial charge in [0.2, 0.25) is 0 Å². The maximum Gasteiger partial charge on any atom is 0.189 e. The van der Waals surface area contributed by atoms with Crippen LogP contribution in [0.5, 0.6) is 28.7 Å². The predicted octanol–water partition coefficient (Wildman–Crippen LogP) is 5.45. The molecular weight excluding hydrogens is 516 g/mol. The van der Waals surface area contributed by atoms with Crippen molar-refractivity contribution >= 4 is 11.6 Å². The number of aryl methyl sites for hydroxylation is 1. The second kappa shape index (κ2) is 13.6. The molecule has 9 heteroatoms. The molecule has 4 rings (SSSR count). The number of hydrogen-bond donors (Lipinski definition) is 6. The van der Waals surface area contributed by atoms with Crippen LogP contribution in [0.2, 0.25) is 0 Å². The van der Waals surface area contributed by atoms with Crippen molar-refractivity contribution in [2.75, 3.05) is 7.11 Å². The van der Waals surface area contributed by atoms with Gasteiger partial charge in [-0.2, -0.15) is 0 Å². The number of allylic oxidation sites excluding steroid dienone is 5. The number of phenols is 5. The summed E-state index contributed by atoms with van der Waals surface area (Å²) in [5, 5.41) is 56.7. The second-order valence-corrected chi connectivity index (χ2v) is 8.93. The van der Waals surface area contributed by atoms with Gasteiger partial charge in [0.15, 0.2) is 17.3 Å². The van der Waals surface area contributed by atoms with Crippen LogP contribution in [-0.2, 0) is 11.2 Å². The first-order valence-electron chi connectivity index (χ1n) is 12.3. The molecule has 0 radical (unpaired) electrons. The smallest absolute Gasteiger partial charge is 0.189 e. The zero-order valence-corrected chi connectivity index (χ0v) is 21.7. The molecule has 1 aliphatic rings. The van der Waals surface area contributed by atoms with Crippen LogP contribution in [0.3, 0.4) is 0 Å². The number of para-hydroxylation sites is 1. The largest absolute Gasteiger partial charge is 0.508 e. The first-order chi connectivity index (χ1) is 19.1. The number of carbonyl (C=O) groups is 2. The number of aliphatic hydroxyl groups excluding tert-OH is 1. The number of aromatic hydroxyl groups is 5. The van der Waals surface area contributed by atoms with Crippen LogP contribution in [0.4, 0.5) is 0 Å². The molecule has 0 aliphatic heterocycles. The molecule has 9 nitrogen and oxygen atoms in total. The first-order valence-corrected chi connectivity index (χ1v) is 12.3. The number of carbonyl (C=O) groups excluding carboxylic acids is 2. The van der Waals surface area contributed by atoms with Crippen molar-refractivity contribution in [3.05, 3.63) is 113 Å². The van der Waals surface area contributed by atoms with Crippen LogP contribution in [0.25, 0.3) is 0 Å². The topological polar surface area (TPSA) is 165 Å². The van der Waals surface area contributed by atoms with Gasteiger partial charge < -0.3 is 35.4 Å². The Morgan fingerprint density at radius 2 is 1.52 bits per heavy atom. The van der Waals surface area contributed by atoms with Crippen molar-refractivity contribution < 1.29 is 45.0 Å². The molecule has 40 heavy (non-hydrogen) atoms. The minimum Gasteiger partial charge on any atom is -0.508 e. The van der Waals surface area contributed by atoms with Gasteiger partial charge in [0.1, 0.15) is 40.1 Å². The van der Waals surface area contributed by atoms with Gasteiger partial charge in [-0.1, -0.05) is 36.4 Å². The molecule has 3 aromatic rings. The van der Waals surface area contributed by atoms with Crippen LogP contribution in [0.1, 0.15) is 39.1 Å². The maximum absolute atomic E-state index is 12.0. The summed E-state index contributed by atoms with van der Waals surface area (Å²) in [5.41, 5.74) is 0.935. The van der Waals surface area contributed by atoms with E-state index in [4.69, 9.17) is 9.84 Å². The number of hydrogen-bond acceptors (Lipinski definition) is 9. The second-order valence-electron chi connectivity index (χ2n) is 8.93. The molecule has 0 saturated carbocycles. The Bertz CT molecular complexity index is 1430. The normalized spacial score (nSPS) is 14.5. The summed E-state index contributed by atoms with van der Waals surface area (Å²) in [6.07, 6.45) is 7.53. The number of Topliss-reactive ketones (excluding diaryl/α,β-unsaturated/α-hetero) is 1. The summed E-state index contributed by atoms with van der Waals surface area (Å²) in [4.78, 5) is 23.9. The van der Waals surface area contributed by atoms with E-state index in [1.54, 1.807) is 48.6 Å². The minimum atomic E-state index is -0.446. The molecule has 1 atom stereocenters. The van der Waals surface area contributed by atoms with Crippen molar-refractivity contribution in [2.24, 2.45) is 5.92 Å². The summed E-state index contributed by atoms with van der Waals surface area (Å²) in [6.45, 7) is 0. The van der Waals surface area contributed by atoms with Gasteiger partial charge in [0.25, 0.3) is 0 Å². The molecule has 3 aromatic carbocycles. The third-order valence-corrected chi connectivity index (χ3v) is 6.06. The summed E-state index contributed by atoms with van der Waals surface area (Å²) in [5.74, 6) is -1.17. The lowest BCUT2D eigenvalue weighted by molar-refractivity contribution is 0.0976. The molecule has 0 aromatic heterocycles. The number of ether oxygens (including phenoxy) is 1. The number of rotatable bonds is 8. The molecule has 6 N–H and O–H groups in total. The van der Waals surface area contributed by atoms with Gasteiger partial charge in [-0.3, -0.25) is 9.59 Å². The van der Waals surface area contributed by atoms with Gasteiger partial charge in [-0.05, 0) is 48.4 Å². The van der Waals surface area contributed by atoms with Crippen molar-refractivity contribution in [3.63, 3.8) is 0 Å². The molecule has 208 valence electrons. The Morgan fingerprint density at radius 3 is 2.15 bits per heavy atom. The lowest BCUT2D eigenvalue weighted by atomic mass is 9.97. The van der Waals surface area contributed by atoms with Crippen molar-refractivity contribution in [1.29, 1.82) is 0 Å². The number of benzene rings is 3. The van der Waals surface area contributed by atoms with Crippen LogP contribution in [0.15, 0.2) is 96.5 Å². The van der Waals surface area contributed by atoms with Crippen molar-refractivity contribution in [1.82, 2.24) is 0 Å². The van der Waals surface area contributed by atoms with Gasteiger partial charge in [0.05, 0.1) is 12.7 Å². The van der Waals surface area contributed by atoms with Gasteiger partial charge >= 0.3 is 0 Å². The molecule has 0 fully saturated rings. The van der Waals surface area contributed by atoms with E-state index in [1.165, 1.54) is 31.4 Å². The Labute approximate surface area is 230 Å². The Kier molecular flexibility index (Phi) is 9.96. The molecule has 0 spiro atoms. The van der Waals surface area contributed by atoms with Crippen LogP contribution in [-0.4, -0.2) is 49.3 Å². The average Bonchev–Trinajstić information content (AvgIpc) is 2.92. The highest BCUT2D eigenvalue weighted by atomic mass is 16.5. The van der Waals surface area contributed by atoms with E-state index in [9.17, 15) is 35.1 Å². The van der Waals surface area contributed by atoms with Gasteiger partial charge in [0, 0.05) is 30.9 Å². The Hall–Kier alpha value is -5.18. The molecule has 1 aliphatic carbocycles. The molecular formula is C31H30O9. The first kappa shape index (κ1) is 29.4. The minimum absolute atomic E-state index is 0.0179. The zero-order chi connectivity index (χ0) is 29.2. The van der Waals surface area contributed by atoms with Crippen LogP contribution in [0, 0.1) is 5.92 Å². The standard InChI is InChI=1S/C16H16O4.C15H14O5/c1-20-16-10-11(7-9-15(16)19)6-8-14(18)12-4-2-3-5-13(12)17;16-10-4-1-9(2-5-10)3-6-12(18)15-13(19)7-11(17)8-14(15)20/h2-9,11,17,19H,10H2,1H3;1-2,4-5,7-8,16-17,19-20H,3,6H2. The van der Waals surface area contributed by atoms with Gasteiger partial charge in [-0.15, -0.1) is 0 Å². The SMILES string of the molecule is COC1=C(O)C=CC(C=CC(=O)c2ccccc2O)C1.O=C(CCc1ccc(O)cc1)c1c(O)cc(O)cc1O. The Balaban J connectivity index is 0.000000220. The van der Waals surface area contributed by atoms with Gasteiger partial charge in [-0.25, -0.2) is 0 Å². The van der Waals surface area contributed by atoms with E-state index < -0.39 is 17.3 Å². The van der Waals surface area contributed by atoms with E-state index in [0.29, 0.717) is 18.6 Å². The summed E-state index contributed by atoms with van der Waals surface area (Å²) in [6, 6.07) is 14.9. The summed E-state index contributed by atoms with van der Waals surface area (Å²) >= 11 is 0. The fourth-order valence-corrected chi connectivity index (χ4v) is 3.93. The highest BCUT2D eigenvalue weighted by Crippen LogP contribution is 2.33. The quantitative estimate of drug-likeness (QED) is 0.159.